The monoisotopic (exact) mass is 1440 g/mol. The van der Waals surface area contributed by atoms with Gasteiger partial charge in [-0.25, -0.2) is 59.7 Å². The average molecular weight is 1440 g/mol. The first kappa shape index (κ1) is 75.0. The van der Waals surface area contributed by atoms with Crippen molar-refractivity contribution in [2.24, 2.45) is 58.2 Å². The van der Waals surface area contributed by atoms with Crippen LogP contribution in [0.25, 0.3) is 22.1 Å². The van der Waals surface area contributed by atoms with E-state index in [0.717, 1.165) is 0 Å². The Morgan fingerprint density at radius 1 is 0.567 bits per heavy atom. The molecule has 30 heteroatoms. The zero-order chi connectivity index (χ0) is 68.8. The predicted octanol–water partition coefficient (Wildman–Crippen LogP) is 11.2. The van der Waals surface area contributed by atoms with Crippen LogP contribution in [0, 0.1) is 58.2 Å². The first-order valence-corrected chi connectivity index (χ1v) is 32.5. The fraction of sp³-hybridized carbons (Fsp3) is 0.672. The van der Waals surface area contributed by atoms with E-state index in [1.165, 1.54) is 48.3 Å². The molecule has 4 amide bonds. The van der Waals surface area contributed by atoms with Gasteiger partial charge in [0, 0.05) is 97.6 Å². The van der Waals surface area contributed by atoms with Crippen LogP contribution in [0.1, 0.15) is 137 Å². The maximum Gasteiger partial charge on any atom is 0.408 e. The zero-order valence-corrected chi connectivity index (χ0v) is 58.2. The van der Waals surface area contributed by atoms with Gasteiger partial charge in [-0.05, 0) is 85.5 Å². The number of halogens is 8. The van der Waals surface area contributed by atoms with Crippen LogP contribution in [0.4, 0.5) is 44.7 Å². The number of alkyl halides is 8. The van der Waals surface area contributed by atoms with Crippen molar-refractivity contribution >= 4 is 58.6 Å². The van der Waals surface area contributed by atoms with Gasteiger partial charge in [-0.3, -0.25) is 9.59 Å². The maximum absolute atomic E-state index is 16.1. The number of aromatic nitrogens is 4. The van der Waals surface area contributed by atoms with Crippen LogP contribution in [-0.2, 0) is 77.6 Å². The number of nitrogens with one attached hydrogen (secondary N) is 2. The smallest absolute Gasteiger partial charge is 0.408 e. The Morgan fingerprint density at radius 3 is 1.36 bits per heavy atom. The molecular weight excluding hydrogens is 1360 g/mol. The van der Waals surface area contributed by atoms with Crippen molar-refractivity contribution in [1.29, 1.82) is 0 Å². The van der Waals surface area contributed by atoms with Gasteiger partial charge in [0.25, 0.3) is 23.7 Å². The Morgan fingerprint density at radius 2 is 0.969 bits per heavy atom. The molecule has 4 aromatic rings. The number of carbonyl (C=O) groups excluding carboxylic acids is 6. The van der Waals surface area contributed by atoms with Crippen LogP contribution < -0.4 is 29.6 Å². The third-order valence-corrected chi connectivity index (χ3v) is 20.8. The van der Waals surface area contributed by atoms with Gasteiger partial charge in [0.1, 0.15) is 48.0 Å². The molecule has 12 rings (SSSR count). The van der Waals surface area contributed by atoms with E-state index in [0.29, 0.717) is 17.9 Å². The van der Waals surface area contributed by atoms with Crippen molar-refractivity contribution < 1.29 is 129 Å². The fourth-order valence-corrected chi connectivity index (χ4v) is 15.4. The van der Waals surface area contributed by atoms with Gasteiger partial charge in [-0.2, -0.15) is 17.6 Å². The number of hydrogen-bond donors (Lipinski definition) is 2. The van der Waals surface area contributed by atoms with Gasteiger partial charge in [0.2, 0.25) is 23.6 Å². The molecule has 4 unspecified atom stereocenters. The third-order valence-electron chi connectivity index (χ3n) is 20.8. The van der Waals surface area contributed by atoms with E-state index < -0.39 is 190 Å². The van der Waals surface area contributed by atoms with Crippen molar-refractivity contribution in [1.82, 2.24) is 40.4 Å². The Balaban J connectivity index is 0.000000223. The number of hydrogen-bond acceptors (Lipinski definition) is 16. The van der Waals surface area contributed by atoms with Gasteiger partial charge < -0.3 is 58.4 Å². The van der Waals surface area contributed by atoms with Crippen molar-refractivity contribution in [3.05, 3.63) is 47.8 Å². The number of ether oxygens (including phenoxy) is 6. The minimum Gasteiger partial charge on any atom is -0.540 e. The van der Waals surface area contributed by atoms with E-state index in [2.05, 4.69) is 30.6 Å². The fourth-order valence-electron chi connectivity index (χ4n) is 15.4. The quantitative estimate of drug-likeness (QED) is 0.139. The molecule has 2 aromatic heterocycles. The summed E-state index contributed by atoms with van der Waals surface area (Å²) >= 11 is 0. The molecule has 2 saturated heterocycles. The van der Waals surface area contributed by atoms with E-state index in [-0.39, 0.29) is 124 Å². The van der Waals surface area contributed by atoms with Gasteiger partial charge in [0.15, 0.2) is 11.4 Å². The summed E-state index contributed by atoms with van der Waals surface area (Å²) in [6.07, 6.45) is -2.10. The molecule has 528 valence electrons. The van der Waals surface area contributed by atoms with Crippen LogP contribution in [0.5, 0.6) is 23.3 Å². The Labute approximate surface area is 580 Å². The molecule has 0 spiro atoms. The van der Waals surface area contributed by atoms with Crippen LogP contribution in [0.15, 0.2) is 36.4 Å². The average Bonchev–Trinajstić information content (AvgIpc) is 1.54. The van der Waals surface area contributed by atoms with E-state index in [1.807, 2.05) is 12.6 Å². The Hall–Kier alpha value is -6.25. The van der Waals surface area contributed by atoms with E-state index >= 15 is 17.6 Å². The molecule has 2 aromatic carbocycles. The SMILES string of the molecule is CC[C@@H]1[C@@H]2CN(C(=O)[C@H](C(C)(C)C)NC(=O)O[C@@H]3CC4C([C@H]3CCCCC(F)(F)c3nc5ccc(OC)cc5nc3O2)C4(F)F)[C@@H]1[C-]=O.COc1ccc2nc3c(nc2c1)O[C@H]1CN(C(=O)[C@H](C(C)(C)C)NC(=O)O[C@@H]2CC4C([C@H]2CCCCC3(F)F)C4(F)F)[C@H]([C-]=O)[C@@H]1C.[V].[V]. The largest absolute Gasteiger partial charge is 0.540 e. The number of fused-ring (bicyclic) bond motifs is 14. The number of methoxy groups -OCH3 is 2. The van der Waals surface area contributed by atoms with Crippen molar-refractivity contribution in [2.45, 2.75) is 198 Å². The van der Waals surface area contributed by atoms with E-state index in [9.17, 15) is 46.3 Å². The summed E-state index contributed by atoms with van der Waals surface area (Å²) in [5.41, 5.74) is -2.28. The second-order valence-electron chi connectivity index (χ2n) is 28.9. The van der Waals surface area contributed by atoms with Crippen LogP contribution in [0.3, 0.4) is 0 Å². The van der Waals surface area contributed by atoms with Crippen LogP contribution in [-0.4, -0.2) is 154 Å². The summed E-state index contributed by atoms with van der Waals surface area (Å²) in [7, 11) is 2.91. The molecule has 2 radical (unpaired) electrons. The van der Waals surface area contributed by atoms with Gasteiger partial charge in [0.05, 0.1) is 49.4 Å². The van der Waals surface area contributed by atoms with Crippen molar-refractivity contribution in [3.8, 4) is 23.3 Å². The van der Waals surface area contributed by atoms with Crippen LogP contribution >= 0.6 is 0 Å². The van der Waals surface area contributed by atoms with Gasteiger partial charge >= 0.3 is 12.2 Å². The standard InChI is InChI=1S/C34H41F4N4O6.C33H39F4N4O6.2V/c1-6-18-23(16-43)42-15-25(18)47-29-27(39-21-11-10-17(46-5)13-22(21)40-29)33(35,36)12-8-7-9-19-24(14-20-26(19)34(20,37)38)48-31(45)41-28(30(42)44)32(2,3)4;1-16-22(15-42)41-14-24(16)46-28-26(38-20-10-9-17(45-5)12-21(20)39-28)32(34,35)11-7-6-8-18-23(13-19-25(18)33(19,36)37)47-30(44)40-27(29(41)43)31(2,3)4;;/h10-11,13,18-20,23-26,28H,6-9,12,14-15H2,1-5H3,(H,41,45);9-10,12,16,18-19,22-25,27H,6-8,11,13-14H2,1-5H3,(H,40,44);;/q2*-1;;/t18-,19-,20?,23+,24+,25-,26?,28+;16-,18-,19?,22+,23+,24-,25?,27+;;/m00../s1. The number of rotatable bonds is 5. The van der Waals surface area contributed by atoms with Crippen molar-refractivity contribution in [2.75, 3.05) is 27.3 Å². The van der Waals surface area contributed by atoms with E-state index in [1.54, 1.807) is 67.5 Å². The molecule has 2 N–H and O–H groups in total. The second kappa shape index (κ2) is 28.1. The summed E-state index contributed by atoms with van der Waals surface area (Å²) < 4.78 is 157. The molecule has 4 saturated carbocycles. The molecule has 97 heavy (non-hydrogen) atoms. The van der Waals surface area contributed by atoms with Gasteiger partial charge in [-0.15, -0.1) is 0 Å². The number of alkyl carbamates (subject to hydrolysis) is 2. The topological polar surface area (TPSA) is 240 Å². The summed E-state index contributed by atoms with van der Waals surface area (Å²) in [6, 6.07) is 4.64. The molecule has 8 aliphatic rings. The molecule has 4 aliphatic carbocycles. The number of benzene rings is 2. The first-order valence-electron chi connectivity index (χ1n) is 32.5. The minimum absolute atomic E-state index is 0. The molecule has 6 fully saturated rings. The number of nitrogens with zero attached hydrogens (tertiary/aromatic N) is 6. The number of carbonyl (C=O) groups is 4. The Kier molecular flexibility index (Phi) is 21.7. The molecule has 6 heterocycles. The predicted molar refractivity (Wildman–Crippen MR) is 324 cm³/mol. The zero-order valence-electron chi connectivity index (χ0n) is 55.4. The molecule has 20 nitrogen and oxygen atoms in total. The molecule has 4 aliphatic heterocycles. The van der Waals surface area contributed by atoms with E-state index in [4.69, 9.17) is 28.4 Å². The summed E-state index contributed by atoms with van der Waals surface area (Å²) in [5, 5.41) is 5.28. The van der Waals surface area contributed by atoms with Crippen LogP contribution in [0.2, 0.25) is 0 Å². The molecule has 4 bridgehead atoms. The maximum atomic E-state index is 16.1. The first-order chi connectivity index (χ1) is 44.7. The normalized spacial score (nSPS) is 32.8. The molecule has 16 atom stereocenters. The second-order valence-corrected chi connectivity index (χ2v) is 28.9. The third kappa shape index (κ3) is 14.6. The Bertz CT molecular complexity index is 3630. The number of amides is 4. The minimum atomic E-state index is -3.53. The summed E-state index contributed by atoms with van der Waals surface area (Å²) in [4.78, 5) is 99.1. The summed E-state index contributed by atoms with van der Waals surface area (Å²) in [6.45, 7) is 13.4. The summed E-state index contributed by atoms with van der Waals surface area (Å²) in [5.74, 6) is -20.8. The van der Waals surface area contributed by atoms with Gasteiger partial charge in [-0.1, -0.05) is 86.7 Å². The van der Waals surface area contributed by atoms with Crippen molar-refractivity contribution in [3.63, 3.8) is 0 Å². The molecular formula is C67H80F8N8O12V2-2.